The predicted octanol–water partition coefficient (Wildman–Crippen LogP) is 4.29. The second kappa shape index (κ2) is 9.78. The van der Waals surface area contributed by atoms with E-state index in [1.54, 1.807) is 0 Å². The molecule has 0 fully saturated rings. The highest BCUT2D eigenvalue weighted by molar-refractivity contribution is 7.91. The summed E-state index contributed by atoms with van der Waals surface area (Å²) < 4.78 is 127. The first-order valence-corrected chi connectivity index (χ1v) is 13.3. The number of halogens is 6. The van der Waals surface area contributed by atoms with Crippen LogP contribution in [-0.4, -0.2) is 34.0 Å². The van der Waals surface area contributed by atoms with Crippen molar-refractivity contribution in [1.82, 2.24) is 10.3 Å². The number of rotatable bonds is 6. The minimum absolute atomic E-state index is 0.147. The van der Waals surface area contributed by atoms with Gasteiger partial charge in [0.2, 0.25) is 9.84 Å². The van der Waals surface area contributed by atoms with Crippen LogP contribution in [0.1, 0.15) is 27.2 Å². The molecule has 0 saturated heterocycles. The smallest absolute Gasteiger partial charge is 0.347 e. The lowest BCUT2D eigenvalue weighted by Gasteiger charge is -2.12. The summed E-state index contributed by atoms with van der Waals surface area (Å²) in [5.74, 6) is -1.15. The number of hydrogen-bond acceptors (Lipinski definition) is 6. The first-order chi connectivity index (χ1) is 16.9. The van der Waals surface area contributed by atoms with Crippen LogP contribution in [0.25, 0.3) is 0 Å². The number of benzene rings is 2. The van der Waals surface area contributed by atoms with Crippen LogP contribution in [0.4, 0.5) is 26.3 Å². The first-order valence-electron chi connectivity index (χ1n) is 9.97. The Morgan fingerprint density at radius 2 is 1.41 bits per heavy atom. The van der Waals surface area contributed by atoms with E-state index in [1.807, 2.05) is 0 Å². The monoisotopic (exact) mass is 566 g/mol. The molecule has 37 heavy (non-hydrogen) atoms. The van der Waals surface area contributed by atoms with Crippen molar-refractivity contribution in [3.63, 3.8) is 0 Å². The van der Waals surface area contributed by atoms with E-state index < -0.39 is 71.1 Å². The molecule has 0 unspecified atom stereocenters. The van der Waals surface area contributed by atoms with E-state index in [4.69, 9.17) is 0 Å². The van der Waals surface area contributed by atoms with Crippen LogP contribution in [-0.2, 0) is 38.6 Å². The fourth-order valence-electron chi connectivity index (χ4n) is 3.12. The Kier molecular flexibility index (Phi) is 7.43. The third-order valence-corrected chi connectivity index (χ3v) is 7.79. The number of amides is 1. The topological polar surface area (TPSA) is 110 Å². The van der Waals surface area contributed by atoms with Gasteiger partial charge in [-0.05, 0) is 42.0 Å². The van der Waals surface area contributed by atoms with E-state index in [0.717, 1.165) is 24.3 Å². The summed E-state index contributed by atoms with van der Waals surface area (Å²) >= 11 is 0. The van der Waals surface area contributed by atoms with Gasteiger partial charge in [0.05, 0.1) is 25.8 Å². The zero-order valence-electron chi connectivity index (χ0n) is 18.6. The molecule has 1 heterocycles. The molecule has 0 aliphatic heterocycles. The van der Waals surface area contributed by atoms with Crippen LogP contribution in [0.15, 0.2) is 75.5 Å². The molecule has 0 bridgehead atoms. The van der Waals surface area contributed by atoms with E-state index in [1.165, 1.54) is 12.1 Å². The largest absolute Gasteiger partial charge is 0.417 e. The Hall–Kier alpha value is -3.46. The standard InChI is InChI=1S/C22H16F6N2O5S2/c1-36(32,33)18-10-15(22(26,27)28)12-29-19(18)20(31)30-11-13-4-2-6-16(8-13)37(34,35)17-7-3-5-14(9-17)21(23,24)25/h2-10,12H,11H2,1H3,(H,30,31). The van der Waals surface area contributed by atoms with Gasteiger partial charge >= 0.3 is 12.4 Å². The molecule has 0 atom stereocenters. The molecule has 0 radical (unpaired) electrons. The molecule has 1 amide bonds. The Bertz CT molecular complexity index is 1570. The minimum atomic E-state index is -4.91. The summed E-state index contributed by atoms with van der Waals surface area (Å²) in [6.45, 7) is -0.406. The molecule has 0 aliphatic carbocycles. The molecular weight excluding hydrogens is 550 g/mol. The van der Waals surface area contributed by atoms with Crippen LogP contribution in [0.3, 0.4) is 0 Å². The molecule has 0 saturated carbocycles. The summed E-state index contributed by atoms with van der Waals surface area (Å²) in [7, 11) is -8.69. The Balaban J connectivity index is 1.87. The Morgan fingerprint density at radius 3 is 1.97 bits per heavy atom. The molecule has 0 spiro atoms. The van der Waals surface area contributed by atoms with Crippen molar-refractivity contribution in [1.29, 1.82) is 0 Å². The van der Waals surface area contributed by atoms with Crippen LogP contribution < -0.4 is 5.32 Å². The van der Waals surface area contributed by atoms with Crippen molar-refractivity contribution in [3.05, 3.63) is 83.2 Å². The molecule has 0 aliphatic rings. The van der Waals surface area contributed by atoms with Gasteiger partial charge in [-0.3, -0.25) is 4.79 Å². The van der Waals surface area contributed by atoms with Crippen molar-refractivity contribution in [2.24, 2.45) is 0 Å². The van der Waals surface area contributed by atoms with Crippen molar-refractivity contribution in [2.45, 2.75) is 33.6 Å². The molecule has 7 nitrogen and oxygen atoms in total. The number of nitrogens with one attached hydrogen (secondary N) is 1. The van der Waals surface area contributed by atoms with Gasteiger partial charge < -0.3 is 5.32 Å². The molecule has 15 heteroatoms. The lowest BCUT2D eigenvalue weighted by molar-refractivity contribution is -0.138. The molecule has 1 aromatic heterocycles. The van der Waals surface area contributed by atoms with Crippen molar-refractivity contribution >= 4 is 25.6 Å². The van der Waals surface area contributed by atoms with E-state index in [0.29, 0.717) is 24.6 Å². The van der Waals surface area contributed by atoms with Gasteiger partial charge in [-0.25, -0.2) is 21.8 Å². The Morgan fingerprint density at radius 1 is 0.838 bits per heavy atom. The lowest BCUT2D eigenvalue weighted by atomic mass is 10.2. The van der Waals surface area contributed by atoms with Gasteiger partial charge in [0, 0.05) is 19.0 Å². The van der Waals surface area contributed by atoms with Crippen LogP contribution >= 0.6 is 0 Å². The van der Waals surface area contributed by atoms with E-state index in [-0.39, 0.29) is 16.5 Å². The molecule has 198 valence electrons. The maximum Gasteiger partial charge on any atom is 0.417 e. The number of sulfone groups is 2. The number of carbonyl (C=O) groups excluding carboxylic acids is 1. The second-order valence-electron chi connectivity index (χ2n) is 7.70. The Labute approximate surface area is 207 Å². The van der Waals surface area contributed by atoms with Crippen LogP contribution in [0.2, 0.25) is 0 Å². The molecular formula is C22H16F6N2O5S2. The van der Waals surface area contributed by atoms with Crippen molar-refractivity contribution < 1.29 is 48.0 Å². The molecule has 3 rings (SSSR count). The number of nitrogens with zero attached hydrogens (tertiary/aromatic N) is 1. The highest BCUT2D eigenvalue weighted by atomic mass is 32.2. The van der Waals surface area contributed by atoms with Gasteiger partial charge in [0.1, 0.15) is 5.69 Å². The highest BCUT2D eigenvalue weighted by Crippen LogP contribution is 2.33. The van der Waals surface area contributed by atoms with Gasteiger partial charge in [-0.15, -0.1) is 0 Å². The average molecular weight is 567 g/mol. The van der Waals surface area contributed by atoms with Gasteiger partial charge in [0.15, 0.2) is 9.84 Å². The summed E-state index contributed by atoms with van der Waals surface area (Å²) in [4.78, 5) is 13.9. The lowest BCUT2D eigenvalue weighted by Crippen LogP contribution is -2.26. The summed E-state index contributed by atoms with van der Waals surface area (Å²) in [5.41, 5.74) is -3.20. The van der Waals surface area contributed by atoms with Crippen LogP contribution in [0.5, 0.6) is 0 Å². The number of hydrogen-bond donors (Lipinski definition) is 1. The zero-order valence-corrected chi connectivity index (χ0v) is 20.2. The maximum absolute atomic E-state index is 13.0. The fourth-order valence-corrected chi connectivity index (χ4v) is 5.33. The maximum atomic E-state index is 13.0. The number of alkyl halides is 6. The van der Waals surface area contributed by atoms with Crippen molar-refractivity contribution in [3.8, 4) is 0 Å². The summed E-state index contributed by atoms with van der Waals surface area (Å²) in [5, 5.41) is 2.24. The first kappa shape index (κ1) is 28.1. The minimum Gasteiger partial charge on any atom is -0.347 e. The third-order valence-electron chi connectivity index (χ3n) is 4.93. The SMILES string of the molecule is CS(=O)(=O)c1cc(C(F)(F)F)cnc1C(=O)NCc1cccc(S(=O)(=O)c2cccc(C(F)(F)F)c2)c1. The molecule has 3 aromatic rings. The predicted molar refractivity (Wildman–Crippen MR) is 117 cm³/mol. The number of aromatic nitrogens is 1. The molecule has 2 aromatic carbocycles. The van der Waals surface area contributed by atoms with Gasteiger partial charge in [-0.1, -0.05) is 18.2 Å². The highest BCUT2D eigenvalue weighted by Gasteiger charge is 2.34. The van der Waals surface area contributed by atoms with Gasteiger partial charge in [0.25, 0.3) is 5.91 Å². The van der Waals surface area contributed by atoms with E-state index >= 15 is 0 Å². The average Bonchev–Trinajstić information content (AvgIpc) is 2.80. The quantitative estimate of drug-likeness (QED) is 0.446. The summed E-state index contributed by atoms with van der Waals surface area (Å²) in [6.07, 6.45) is -8.78. The van der Waals surface area contributed by atoms with Crippen LogP contribution in [0, 0.1) is 0 Å². The molecule has 1 N–H and O–H groups in total. The second-order valence-corrected chi connectivity index (χ2v) is 11.6. The van der Waals surface area contributed by atoms with E-state index in [9.17, 15) is 48.0 Å². The van der Waals surface area contributed by atoms with E-state index in [2.05, 4.69) is 10.3 Å². The summed E-state index contributed by atoms with van der Waals surface area (Å²) in [6, 6.07) is 8.23. The number of carbonyl (C=O) groups is 1. The fraction of sp³-hybridized carbons (Fsp3) is 0.182. The normalized spacial score (nSPS) is 12.8. The van der Waals surface area contributed by atoms with Crippen molar-refractivity contribution in [2.75, 3.05) is 6.26 Å². The number of pyridine rings is 1. The zero-order chi connectivity index (χ0) is 27.8. The third kappa shape index (κ3) is 6.46. The van der Waals surface area contributed by atoms with Gasteiger partial charge in [-0.2, -0.15) is 26.3 Å².